The van der Waals surface area contributed by atoms with Crippen molar-refractivity contribution in [2.24, 2.45) is 11.7 Å². The Balaban J connectivity index is 2.38. The molecule has 0 radical (unpaired) electrons. The van der Waals surface area contributed by atoms with Gasteiger partial charge in [-0.3, -0.25) is 0 Å². The molecule has 2 unspecified atom stereocenters. The third-order valence-corrected chi connectivity index (χ3v) is 4.34. The highest BCUT2D eigenvalue weighted by molar-refractivity contribution is 7.99. The van der Waals surface area contributed by atoms with E-state index in [9.17, 15) is 0 Å². The van der Waals surface area contributed by atoms with Gasteiger partial charge in [-0.15, -0.1) is 0 Å². The van der Waals surface area contributed by atoms with Crippen LogP contribution in [0.2, 0.25) is 0 Å². The molecule has 0 aliphatic heterocycles. The van der Waals surface area contributed by atoms with Gasteiger partial charge in [0.25, 0.3) is 0 Å². The molecule has 0 fully saturated rings. The Kier molecular flexibility index (Phi) is 6.45. The third-order valence-electron chi connectivity index (χ3n) is 2.94. The summed E-state index contributed by atoms with van der Waals surface area (Å²) in [6.45, 7) is 4.51. The van der Waals surface area contributed by atoms with E-state index in [1.807, 2.05) is 36.0 Å². The number of hydrogen-bond acceptors (Lipinski definition) is 3. The van der Waals surface area contributed by atoms with Crippen molar-refractivity contribution in [2.45, 2.75) is 26.3 Å². The molecule has 0 saturated heterocycles. The van der Waals surface area contributed by atoms with Crippen LogP contribution in [0.4, 0.5) is 0 Å². The van der Waals surface area contributed by atoms with E-state index in [1.165, 1.54) is 17.7 Å². The minimum atomic E-state index is 0.120. The zero-order chi connectivity index (χ0) is 12.7. The second kappa shape index (κ2) is 7.62. The summed E-state index contributed by atoms with van der Waals surface area (Å²) in [6.07, 6.45) is 1.24. The fraction of sp³-hybridized carbons (Fsp3) is 0.571. The van der Waals surface area contributed by atoms with Gasteiger partial charge in [0.15, 0.2) is 0 Å². The molecule has 96 valence electrons. The second-order valence-electron chi connectivity index (χ2n) is 4.43. The van der Waals surface area contributed by atoms with Crippen LogP contribution in [0.1, 0.15) is 31.9 Å². The van der Waals surface area contributed by atoms with Crippen LogP contribution >= 0.6 is 11.8 Å². The Morgan fingerprint density at radius 3 is 2.41 bits per heavy atom. The lowest BCUT2D eigenvalue weighted by Gasteiger charge is -2.14. The van der Waals surface area contributed by atoms with Crippen molar-refractivity contribution in [3.8, 4) is 5.75 Å². The maximum atomic E-state index is 6.15. The smallest absolute Gasteiger partial charge is 0.118 e. The zero-order valence-electron chi connectivity index (χ0n) is 11.0. The van der Waals surface area contributed by atoms with Gasteiger partial charge in [-0.2, -0.15) is 11.8 Å². The predicted octanol–water partition coefficient (Wildman–Crippen LogP) is 3.47. The minimum Gasteiger partial charge on any atom is -0.497 e. The predicted molar refractivity (Wildman–Crippen MR) is 76.7 cm³/mol. The van der Waals surface area contributed by atoms with Crippen LogP contribution in [0.15, 0.2) is 24.3 Å². The van der Waals surface area contributed by atoms with Gasteiger partial charge in [0.05, 0.1) is 7.11 Å². The van der Waals surface area contributed by atoms with Crippen molar-refractivity contribution < 1.29 is 4.74 Å². The van der Waals surface area contributed by atoms with E-state index in [0.717, 1.165) is 17.4 Å². The Morgan fingerprint density at radius 2 is 1.88 bits per heavy atom. The number of ether oxygens (including phenoxy) is 1. The van der Waals surface area contributed by atoms with Gasteiger partial charge in [-0.25, -0.2) is 0 Å². The number of methoxy groups -OCH3 is 1. The number of hydrogen-bond donors (Lipinski definition) is 1. The molecule has 2 N–H and O–H groups in total. The summed E-state index contributed by atoms with van der Waals surface area (Å²) in [7, 11) is 1.68. The highest BCUT2D eigenvalue weighted by Crippen LogP contribution is 2.21. The molecule has 0 aromatic heterocycles. The van der Waals surface area contributed by atoms with Crippen molar-refractivity contribution in [2.75, 3.05) is 18.6 Å². The molecule has 2 nitrogen and oxygen atoms in total. The first-order valence-corrected chi connectivity index (χ1v) is 7.30. The summed E-state index contributed by atoms with van der Waals surface area (Å²) >= 11 is 1.94. The first-order valence-electron chi connectivity index (χ1n) is 6.14. The van der Waals surface area contributed by atoms with Gasteiger partial charge in [-0.1, -0.05) is 32.4 Å². The normalized spacial score (nSPS) is 14.4. The van der Waals surface area contributed by atoms with E-state index in [-0.39, 0.29) is 6.04 Å². The lowest BCUT2D eigenvalue weighted by atomic mass is 10.1. The average Bonchev–Trinajstić information content (AvgIpc) is 2.38. The van der Waals surface area contributed by atoms with E-state index in [4.69, 9.17) is 10.5 Å². The van der Waals surface area contributed by atoms with Gasteiger partial charge in [-0.05, 0) is 29.4 Å². The van der Waals surface area contributed by atoms with Gasteiger partial charge in [0.1, 0.15) is 5.75 Å². The molecular weight excluding hydrogens is 230 g/mol. The summed E-state index contributed by atoms with van der Waals surface area (Å²) < 4.78 is 5.13. The Hall–Kier alpha value is -0.670. The zero-order valence-corrected chi connectivity index (χ0v) is 11.8. The first-order chi connectivity index (χ1) is 8.17. The fourth-order valence-corrected chi connectivity index (χ4v) is 2.68. The van der Waals surface area contributed by atoms with Crippen LogP contribution < -0.4 is 10.5 Å². The Bertz CT molecular complexity index is 313. The standard InChI is InChI=1S/C14H23NOS/c1-4-11(2)9-17-10-14(15)12-5-7-13(16-3)8-6-12/h5-8,11,14H,4,9-10,15H2,1-3H3. The topological polar surface area (TPSA) is 35.2 Å². The van der Waals surface area contributed by atoms with E-state index < -0.39 is 0 Å². The highest BCUT2D eigenvalue weighted by atomic mass is 32.2. The molecule has 2 atom stereocenters. The Labute approximate surface area is 109 Å². The van der Waals surface area contributed by atoms with Crippen LogP contribution in [0.5, 0.6) is 5.75 Å². The SMILES string of the molecule is CCC(C)CSCC(N)c1ccc(OC)cc1. The van der Waals surface area contributed by atoms with Crippen molar-refractivity contribution >= 4 is 11.8 Å². The number of rotatable bonds is 7. The quantitative estimate of drug-likeness (QED) is 0.808. The van der Waals surface area contributed by atoms with Crippen molar-refractivity contribution in [3.05, 3.63) is 29.8 Å². The number of nitrogens with two attached hydrogens (primary N) is 1. The monoisotopic (exact) mass is 253 g/mol. The van der Waals surface area contributed by atoms with Crippen LogP contribution in [0.25, 0.3) is 0 Å². The van der Waals surface area contributed by atoms with E-state index in [2.05, 4.69) is 13.8 Å². The van der Waals surface area contributed by atoms with Crippen LogP contribution in [-0.4, -0.2) is 18.6 Å². The molecule has 0 amide bonds. The van der Waals surface area contributed by atoms with Gasteiger partial charge < -0.3 is 10.5 Å². The Morgan fingerprint density at radius 1 is 1.24 bits per heavy atom. The highest BCUT2D eigenvalue weighted by Gasteiger charge is 2.07. The van der Waals surface area contributed by atoms with Crippen LogP contribution in [-0.2, 0) is 0 Å². The van der Waals surface area contributed by atoms with Crippen molar-refractivity contribution in [3.63, 3.8) is 0 Å². The van der Waals surface area contributed by atoms with Crippen LogP contribution in [0, 0.1) is 5.92 Å². The summed E-state index contributed by atoms with van der Waals surface area (Å²) in [5.74, 6) is 3.84. The molecule has 1 aromatic rings. The summed E-state index contributed by atoms with van der Waals surface area (Å²) in [6, 6.07) is 8.15. The van der Waals surface area contributed by atoms with Crippen LogP contribution in [0.3, 0.4) is 0 Å². The summed E-state index contributed by atoms with van der Waals surface area (Å²) in [4.78, 5) is 0. The average molecular weight is 253 g/mol. The molecule has 0 aliphatic carbocycles. The number of thioether (sulfide) groups is 1. The second-order valence-corrected chi connectivity index (χ2v) is 5.51. The number of benzene rings is 1. The molecule has 0 saturated carbocycles. The molecule has 1 aromatic carbocycles. The fourth-order valence-electron chi connectivity index (χ4n) is 1.46. The van der Waals surface area contributed by atoms with E-state index in [1.54, 1.807) is 7.11 Å². The molecule has 1 rings (SSSR count). The summed E-state index contributed by atoms with van der Waals surface area (Å²) in [5.41, 5.74) is 7.34. The largest absolute Gasteiger partial charge is 0.497 e. The molecule has 0 spiro atoms. The lowest BCUT2D eigenvalue weighted by molar-refractivity contribution is 0.414. The van der Waals surface area contributed by atoms with Gasteiger partial charge in [0.2, 0.25) is 0 Å². The molecular formula is C14H23NOS. The van der Waals surface area contributed by atoms with Gasteiger partial charge in [0, 0.05) is 11.8 Å². The molecule has 0 bridgehead atoms. The lowest BCUT2D eigenvalue weighted by Crippen LogP contribution is -2.13. The maximum absolute atomic E-state index is 6.15. The summed E-state index contributed by atoms with van der Waals surface area (Å²) in [5, 5.41) is 0. The van der Waals surface area contributed by atoms with Crippen molar-refractivity contribution in [1.29, 1.82) is 0 Å². The molecule has 0 heterocycles. The molecule has 3 heteroatoms. The van der Waals surface area contributed by atoms with Gasteiger partial charge >= 0.3 is 0 Å². The first kappa shape index (κ1) is 14.4. The van der Waals surface area contributed by atoms with E-state index in [0.29, 0.717) is 0 Å². The van der Waals surface area contributed by atoms with Crippen molar-refractivity contribution in [1.82, 2.24) is 0 Å². The molecule has 0 aliphatic rings. The minimum absolute atomic E-state index is 0.120. The third kappa shape index (κ3) is 5.00. The van der Waals surface area contributed by atoms with E-state index >= 15 is 0 Å². The molecule has 17 heavy (non-hydrogen) atoms. The maximum Gasteiger partial charge on any atom is 0.118 e.